The van der Waals surface area contributed by atoms with Crippen molar-refractivity contribution >= 4 is 5.95 Å². The summed E-state index contributed by atoms with van der Waals surface area (Å²) in [5.41, 5.74) is 1.56. The fourth-order valence-electron chi connectivity index (χ4n) is 1.60. The molecule has 0 atom stereocenters. The molecule has 1 aliphatic heterocycles. The summed E-state index contributed by atoms with van der Waals surface area (Å²) in [6, 6.07) is 1.80. The molecule has 2 heterocycles. The minimum Gasteiger partial charge on any atom is -0.390 e. The van der Waals surface area contributed by atoms with Crippen molar-refractivity contribution in [2.75, 3.05) is 31.2 Å². The first-order chi connectivity index (χ1) is 7.29. The standard InChI is InChI=1S/C10H15N3O2/c1-8-6-9(7-14)12-10(11-8)13-2-4-15-5-3-13/h6,14H,2-5,7H2,1H3. The van der Waals surface area contributed by atoms with Crippen LogP contribution in [0.3, 0.4) is 0 Å². The number of nitrogens with zero attached hydrogens (tertiary/aromatic N) is 3. The fraction of sp³-hybridized carbons (Fsp3) is 0.600. The molecule has 0 aromatic carbocycles. The van der Waals surface area contributed by atoms with E-state index in [4.69, 9.17) is 9.84 Å². The zero-order valence-electron chi connectivity index (χ0n) is 8.81. The Morgan fingerprint density at radius 1 is 1.40 bits per heavy atom. The Kier molecular flexibility index (Phi) is 3.13. The van der Waals surface area contributed by atoms with E-state index in [0.717, 1.165) is 18.8 Å². The average Bonchev–Trinajstić information content (AvgIpc) is 2.29. The Hall–Kier alpha value is -1.20. The summed E-state index contributed by atoms with van der Waals surface area (Å²) < 4.78 is 5.26. The van der Waals surface area contributed by atoms with E-state index in [0.29, 0.717) is 24.9 Å². The molecule has 0 bridgehead atoms. The maximum atomic E-state index is 9.05. The second-order valence-electron chi connectivity index (χ2n) is 3.56. The summed E-state index contributed by atoms with van der Waals surface area (Å²) in [6.07, 6.45) is 0. The lowest BCUT2D eigenvalue weighted by Crippen LogP contribution is -2.37. The highest BCUT2D eigenvalue weighted by Gasteiger charge is 2.14. The molecule has 82 valence electrons. The van der Waals surface area contributed by atoms with Crippen molar-refractivity contribution in [2.24, 2.45) is 0 Å². The molecule has 5 heteroatoms. The van der Waals surface area contributed by atoms with Crippen LogP contribution in [0.2, 0.25) is 0 Å². The third-order valence-electron chi connectivity index (χ3n) is 2.35. The van der Waals surface area contributed by atoms with Gasteiger partial charge < -0.3 is 14.7 Å². The van der Waals surface area contributed by atoms with Crippen LogP contribution in [0.25, 0.3) is 0 Å². The van der Waals surface area contributed by atoms with Gasteiger partial charge in [0.25, 0.3) is 0 Å². The van der Waals surface area contributed by atoms with Gasteiger partial charge in [0, 0.05) is 18.8 Å². The van der Waals surface area contributed by atoms with Gasteiger partial charge in [-0.2, -0.15) is 0 Å². The van der Waals surface area contributed by atoms with Crippen molar-refractivity contribution in [1.82, 2.24) is 9.97 Å². The highest BCUT2D eigenvalue weighted by atomic mass is 16.5. The quantitative estimate of drug-likeness (QED) is 0.749. The number of aliphatic hydroxyl groups excluding tert-OH is 1. The van der Waals surface area contributed by atoms with E-state index in [9.17, 15) is 0 Å². The Morgan fingerprint density at radius 2 is 2.13 bits per heavy atom. The third kappa shape index (κ3) is 2.43. The highest BCUT2D eigenvalue weighted by Crippen LogP contribution is 2.11. The van der Waals surface area contributed by atoms with Gasteiger partial charge in [0.05, 0.1) is 25.5 Å². The van der Waals surface area contributed by atoms with Crippen LogP contribution in [-0.4, -0.2) is 41.4 Å². The van der Waals surface area contributed by atoms with Crippen molar-refractivity contribution < 1.29 is 9.84 Å². The number of hydrogen-bond acceptors (Lipinski definition) is 5. The van der Waals surface area contributed by atoms with Gasteiger partial charge in [-0.1, -0.05) is 0 Å². The maximum Gasteiger partial charge on any atom is 0.226 e. The number of aromatic nitrogens is 2. The maximum absolute atomic E-state index is 9.05. The SMILES string of the molecule is Cc1cc(CO)nc(N2CCOCC2)n1. The van der Waals surface area contributed by atoms with Gasteiger partial charge in [0.15, 0.2) is 0 Å². The summed E-state index contributed by atoms with van der Waals surface area (Å²) in [6.45, 7) is 4.92. The molecule has 5 nitrogen and oxygen atoms in total. The van der Waals surface area contributed by atoms with E-state index >= 15 is 0 Å². The number of morpholine rings is 1. The Morgan fingerprint density at radius 3 is 2.80 bits per heavy atom. The largest absolute Gasteiger partial charge is 0.390 e. The van der Waals surface area contributed by atoms with Crippen molar-refractivity contribution in [2.45, 2.75) is 13.5 Å². The van der Waals surface area contributed by atoms with Gasteiger partial charge in [-0.25, -0.2) is 9.97 Å². The van der Waals surface area contributed by atoms with Gasteiger partial charge in [0.1, 0.15) is 0 Å². The van der Waals surface area contributed by atoms with Crippen LogP contribution in [-0.2, 0) is 11.3 Å². The van der Waals surface area contributed by atoms with Crippen molar-refractivity contribution in [3.8, 4) is 0 Å². The van der Waals surface area contributed by atoms with E-state index in [1.807, 2.05) is 6.92 Å². The lowest BCUT2D eigenvalue weighted by atomic mass is 10.3. The van der Waals surface area contributed by atoms with E-state index < -0.39 is 0 Å². The van der Waals surface area contributed by atoms with Gasteiger partial charge in [-0.15, -0.1) is 0 Å². The predicted molar refractivity (Wildman–Crippen MR) is 55.7 cm³/mol. The molecule has 1 N–H and O–H groups in total. The summed E-state index contributed by atoms with van der Waals surface area (Å²) in [7, 11) is 0. The minimum atomic E-state index is -0.0410. The zero-order chi connectivity index (χ0) is 10.7. The molecule has 15 heavy (non-hydrogen) atoms. The van der Waals surface area contributed by atoms with Gasteiger partial charge >= 0.3 is 0 Å². The smallest absolute Gasteiger partial charge is 0.226 e. The summed E-state index contributed by atoms with van der Waals surface area (Å²) >= 11 is 0. The molecule has 0 saturated carbocycles. The lowest BCUT2D eigenvalue weighted by Gasteiger charge is -2.27. The van der Waals surface area contributed by atoms with Crippen LogP contribution in [0.5, 0.6) is 0 Å². The van der Waals surface area contributed by atoms with E-state index in [1.54, 1.807) is 6.07 Å². The third-order valence-corrected chi connectivity index (χ3v) is 2.35. The molecule has 1 aromatic rings. The van der Waals surface area contributed by atoms with Crippen LogP contribution < -0.4 is 4.90 Å². The van der Waals surface area contributed by atoms with Gasteiger partial charge in [-0.05, 0) is 13.0 Å². The normalized spacial score (nSPS) is 16.8. The molecule has 2 rings (SSSR count). The number of aryl methyl sites for hydroxylation is 1. The molecular formula is C10H15N3O2. The average molecular weight is 209 g/mol. The van der Waals surface area contributed by atoms with Crippen LogP contribution in [0.15, 0.2) is 6.07 Å². The number of aliphatic hydroxyl groups is 1. The van der Waals surface area contributed by atoms with E-state index in [1.165, 1.54) is 0 Å². The van der Waals surface area contributed by atoms with Crippen LogP contribution >= 0.6 is 0 Å². The summed E-state index contributed by atoms with van der Waals surface area (Å²) in [4.78, 5) is 10.7. The van der Waals surface area contributed by atoms with E-state index in [-0.39, 0.29) is 6.61 Å². The van der Waals surface area contributed by atoms with Crippen molar-refractivity contribution in [3.63, 3.8) is 0 Å². The first-order valence-corrected chi connectivity index (χ1v) is 5.07. The Bertz CT molecular complexity index is 337. The van der Waals surface area contributed by atoms with Crippen LogP contribution in [0.4, 0.5) is 5.95 Å². The second-order valence-corrected chi connectivity index (χ2v) is 3.56. The van der Waals surface area contributed by atoms with Crippen molar-refractivity contribution in [1.29, 1.82) is 0 Å². The van der Waals surface area contributed by atoms with Crippen molar-refractivity contribution in [3.05, 3.63) is 17.5 Å². The molecule has 1 aliphatic rings. The topological polar surface area (TPSA) is 58.5 Å². The number of anilines is 1. The molecule has 1 saturated heterocycles. The van der Waals surface area contributed by atoms with Crippen LogP contribution in [0.1, 0.15) is 11.4 Å². The molecule has 0 unspecified atom stereocenters. The minimum absolute atomic E-state index is 0.0410. The Labute approximate surface area is 88.7 Å². The predicted octanol–water partition coefficient (Wildman–Crippen LogP) is 0.114. The monoisotopic (exact) mass is 209 g/mol. The molecule has 0 radical (unpaired) electrons. The number of hydrogen-bond donors (Lipinski definition) is 1. The molecule has 0 amide bonds. The fourth-order valence-corrected chi connectivity index (χ4v) is 1.60. The molecule has 1 fully saturated rings. The highest BCUT2D eigenvalue weighted by molar-refractivity contribution is 5.32. The lowest BCUT2D eigenvalue weighted by molar-refractivity contribution is 0.122. The molecule has 0 spiro atoms. The zero-order valence-corrected chi connectivity index (χ0v) is 8.81. The second kappa shape index (κ2) is 4.55. The molecular weight excluding hydrogens is 194 g/mol. The van der Waals surface area contributed by atoms with Gasteiger partial charge in [0.2, 0.25) is 5.95 Å². The first-order valence-electron chi connectivity index (χ1n) is 5.07. The van der Waals surface area contributed by atoms with Gasteiger partial charge in [-0.3, -0.25) is 0 Å². The molecule has 0 aliphatic carbocycles. The number of ether oxygens (including phenoxy) is 1. The van der Waals surface area contributed by atoms with Crippen LogP contribution in [0, 0.1) is 6.92 Å². The Balaban J connectivity index is 2.22. The summed E-state index contributed by atoms with van der Waals surface area (Å²) in [5.74, 6) is 0.697. The van der Waals surface area contributed by atoms with E-state index in [2.05, 4.69) is 14.9 Å². The molecule has 1 aromatic heterocycles. The number of rotatable bonds is 2. The first kappa shape index (κ1) is 10.3. The summed E-state index contributed by atoms with van der Waals surface area (Å²) in [5, 5.41) is 9.05.